The number of hydrogen-bond acceptors (Lipinski definition) is 6. The fraction of sp³-hybridized carbons (Fsp3) is 0.158. The maximum atomic E-state index is 12.6. The second kappa shape index (κ2) is 6.68. The van der Waals surface area contributed by atoms with Gasteiger partial charge >= 0.3 is 5.97 Å². The number of esters is 1. The van der Waals surface area contributed by atoms with E-state index in [-0.39, 0.29) is 18.7 Å². The molecule has 3 aromatic rings. The molecule has 0 spiro atoms. The number of rotatable bonds is 4. The number of hydrogen-bond donors (Lipinski definition) is 1. The maximum Gasteiger partial charge on any atom is 0.348 e. The fourth-order valence-electron chi connectivity index (χ4n) is 2.73. The van der Waals surface area contributed by atoms with Gasteiger partial charge in [-0.1, -0.05) is 6.07 Å². The van der Waals surface area contributed by atoms with Gasteiger partial charge in [0.25, 0.3) is 5.91 Å². The molecule has 132 valence electrons. The Bertz CT molecular complexity index is 1010. The molecule has 0 atom stereocenters. The van der Waals surface area contributed by atoms with E-state index in [1.54, 1.807) is 37.3 Å². The van der Waals surface area contributed by atoms with E-state index < -0.39 is 0 Å². The van der Waals surface area contributed by atoms with Crippen LogP contribution in [0.1, 0.15) is 27.0 Å². The minimum Gasteiger partial charge on any atom is -0.462 e. The van der Waals surface area contributed by atoms with Gasteiger partial charge in [0.2, 0.25) is 6.79 Å². The third-order valence-corrected chi connectivity index (χ3v) is 4.99. The van der Waals surface area contributed by atoms with Crippen LogP contribution in [0, 0.1) is 0 Å². The zero-order valence-corrected chi connectivity index (χ0v) is 14.7. The van der Waals surface area contributed by atoms with Crippen molar-refractivity contribution < 1.29 is 23.8 Å². The molecule has 2 aromatic carbocycles. The van der Waals surface area contributed by atoms with E-state index in [4.69, 9.17) is 14.2 Å². The lowest BCUT2D eigenvalue weighted by molar-refractivity contribution is 0.0532. The Morgan fingerprint density at radius 1 is 1.19 bits per heavy atom. The zero-order chi connectivity index (χ0) is 18.1. The number of ether oxygens (including phenoxy) is 3. The highest BCUT2D eigenvalue weighted by atomic mass is 32.1. The number of carbonyl (C=O) groups excluding carboxylic acids is 2. The molecule has 1 amide bonds. The van der Waals surface area contributed by atoms with Gasteiger partial charge in [0.15, 0.2) is 11.5 Å². The summed E-state index contributed by atoms with van der Waals surface area (Å²) in [7, 11) is 0. The normalized spacial score (nSPS) is 12.2. The standard InChI is InChI=1S/C19H15NO5S/c1-2-23-19(22)16-9-11-8-12(6-7-15(11)26-16)20-18(21)13-4-3-5-14-17(13)25-10-24-14/h3-9H,2,10H2,1H3,(H,20,21). The van der Waals surface area contributed by atoms with E-state index in [0.717, 1.165) is 10.1 Å². The summed E-state index contributed by atoms with van der Waals surface area (Å²) in [6.07, 6.45) is 0. The van der Waals surface area contributed by atoms with Crippen molar-refractivity contribution in [1.29, 1.82) is 0 Å². The third kappa shape index (κ3) is 2.97. The van der Waals surface area contributed by atoms with Gasteiger partial charge in [-0.05, 0) is 48.7 Å². The summed E-state index contributed by atoms with van der Waals surface area (Å²) in [5.74, 6) is 0.389. The van der Waals surface area contributed by atoms with Crippen LogP contribution < -0.4 is 14.8 Å². The van der Waals surface area contributed by atoms with Crippen LogP contribution in [-0.4, -0.2) is 25.3 Å². The molecule has 26 heavy (non-hydrogen) atoms. The highest BCUT2D eigenvalue weighted by molar-refractivity contribution is 7.20. The van der Waals surface area contributed by atoms with E-state index in [0.29, 0.717) is 34.2 Å². The summed E-state index contributed by atoms with van der Waals surface area (Å²) in [5.41, 5.74) is 1.05. The van der Waals surface area contributed by atoms with Crippen LogP contribution >= 0.6 is 11.3 Å². The van der Waals surface area contributed by atoms with Crippen LogP contribution in [0.15, 0.2) is 42.5 Å². The lowest BCUT2D eigenvalue weighted by Crippen LogP contribution is -2.12. The molecule has 0 unspecified atom stereocenters. The van der Waals surface area contributed by atoms with Crippen molar-refractivity contribution in [3.8, 4) is 11.5 Å². The lowest BCUT2D eigenvalue weighted by Gasteiger charge is -2.07. The van der Waals surface area contributed by atoms with Crippen LogP contribution in [0.4, 0.5) is 5.69 Å². The van der Waals surface area contributed by atoms with E-state index in [1.165, 1.54) is 11.3 Å². The van der Waals surface area contributed by atoms with Gasteiger partial charge in [0, 0.05) is 10.4 Å². The smallest absolute Gasteiger partial charge is 0.348 e. The van der Waals surface area contributed by atoms with E-state index in [1.807, 2.05) is 12.1 Å². The van der Waals surface area contributed by atoms with Crippen molar-refractivity contribution in [2.75, 3.05) is 18.7 Å². The fourth-order valence-corrected chi connectivity index (χ4v) is 3.67. The second-order valence-corrected chi connectivity index (χ2v) is 6.66. The number of anilines is 1. The van der Waals surface area contributed by atoms with Crippen molar-refractivity contribution in [2.45, 2.75) is 6.92 Å². The molecular formula is C19H15NO5S. The van der Waals surface area contributed by atoms with Crippen LogP contribution in [0.5, 0.6) is 11.5 Å². The third-order valence-electron chi connectivity index (χ3n) is 3.89. The highest BCUT2D eigenvalue weighted by Crippen LogP contribution is 2.36. The van der Waals surface area contributed by atoms with E-state index >= 15 is 0 Å². The molecular weight excluding hydrogens is 354 g/mol. The van der Waals surface area contributed by atoms with Gasteiger partial charge in [0.05, 0.1) is 12.2 Å². The average molecular weight is 369 g/mol. The van der Waals surface area contributed by atoms with Crippen LogP contribution in [0.25, 0.3) is 10.1 Å². The van der Waals surface area contributed by atoms with Gasteiger partial charge in [-0.15, -0.1) is 11.3 Å². The molecule has 2 heterocycles. The molecule has 1 aliphatic heterocycles. The van der Waals surface area contributed by atoms with E-state index in [9.17, 15) is 9.59 Å². The van der Waals surface area contributed by atoms with Crippen molar-refractivity contribution in [2.24, 2.45) is 0 Å². The monoisotopic (exact) mass is 369 g/mol. The Morgan fingerprint density at radius 2 is 2.08 bits per heavy atom. The number of benzene rings is 2. The molecule has 0 fully saturated rings. The largest absolute Gasteiger partial charge is 0.462 e. The van der Waals surface area contributed by atoms with Crippen LogP contribution in [0.3, 0.4) is 0 Å². The first-order valence-electron chi connectivity index (χ1n) is 8.06. The molecule has 0 bridgehead atoms. The average Bonchev–Trinajstić information content (AvgIpc) is 3.27. The number of nitrogens with one attached hydrogen (secondary N) is 1. The molecule has 4 rings (SSSR count). The molecule has 0 saturated carbocycles. The Kier molecular flexibility index (Phi) is 4.22. The molecule has 7 heteroatoms. The Morgan fingerprint density at radius 3 is 2.92 bits per heavy atom. The molecule has 1 aliphatic rings. The first-order valence-corrected chi connectivity index (χ1v) is 8.88. The number of thiophene rings is 1. The van der Waals surface area contributed by atoms with Crippen LogP contribution in [0.2, 0.25) is 0 Å². The number of para-hydroxylation sites is 1. The van der Waals surface area contributed by atoms with Crippen molar-refractivity contribution >= 4 is 39.0 Å². The molecule has 6 nitrogen and oxygen atoms in total. The molecule has 0 aliphatic carbocycles. The Labute approximate surface area is 153 Å². The Hall–Kier alpha value is -3.06. The first-order chi connectivity index (χ1) is 12.7. The summed E-state index contributed by atoms with van der Waals surface area (Å²) >= 11 is 1.36. The molecule has 0 radical (unpaired) electrons. The molecule has 1 aromatic heterocycles. The predicted octanol–water partition coefficient (Wildman–Crippen LogP) is 4.06. The lowest BCUT2D eigenvalue weighted by atomic mass is 10.1. The minimum atomic E-state index is -0.337. The van der Waals surface area contributed by atoms with Gasteiger partial charge in [-0.25, -0.2) is 4.79 Å². The van der Waals surface area contributed by atoms with Gasteiger partial charge in [0.1, 0.15) is 4.88 Å². The second-order valence-electron chi connectivity index (χ2n) is 5.58. The minimum absolute atomic E-state index is 0.108. The highest BCUT2D eigenvalue weighted by Gasteiger charge is 2.22. The number of fused-ring (bicyclic) bond motifs is 2. The van der Waals surface area contributed by atoms with Crippen molar-refractivity contribution in [3.05, 3.63) is 52.9 Å². The quantitative estimate of drug-likeness (QED) is 0.702. The molecule has 0 saturated heterocycles. The predicted molar refractivity (Wildman–Crippen MR) is 98.3 cm³/mol. The number of amides is 1. The van der Waals surface area contributed by atoms with E-state index in [2.05, 4.69) is 5.32 Å². The zero-order valence-electron chi connectivity index (χ0n) is 13.9. The van der Waals surface area contributed by atoms with Crippen molar-refractivity contribution in [1.82, 2.24) is 0 Å². The van der Waals surface area contributed by atoms with Gasteiger partial charge in [-0.2, -0.15) is 0 Å². The van der Waals surface area contributed by atoms with Crippen LogP contribution in [-0.2, 0) is 4.74 Å². The first kappa shape index (κ1) is 16.4. The van der Waals surface area contributed by atoms with Gasteiger partial charge < -0.3 is 19.5 Å². The topological polar surface area (TPSA) is 73.9 Å². The molecule has 1 N–H and O–H groups in total. The Balaban J connectivity index is 1.58. The van der Waals surface area contributed by atoms with Crippen molar-refractivity contribution in [3.63, 3.8) is 0 Å². The SMILES string of the molecule is CCOC(=O)c1cc2cc(NC(=O)c3cccc4c3OCO4)ccc2s1. The number of carbonyl (C=O) groups is 2. The summed E-state index contributed by atoms with van der Waals surface area (Å²) in [6, 6.07) is 12.5. The summed E-state index contributed by atoms with van der Waals surface area (Å²) in [5, 5.41) is 3.73. The summed E-state index contributed by atoms with van der Waals surface area (Å²) in [4.78, 5) is 25.0. The van der Waals surface area contributed by atoms with Gasteiger partial charge in [-0.3, -0.25) is 4.79 Å². The maximum absolute atomic E-state index is 12.6. The summed E-state index contributed by atoms with van der Waals surface area (Å²) < 4.78 is 16.7. The summed E-state index contributed by atoms with van der Waals surface area (Å²) in [6.45, 7) is 2.21.